The van der Waals surface area contributed by atoms with Gasteiger partial charge in [0, 0.05) is 29.5 Å². The van der Waals surface area contributed by atoms with E-state index in [1.54, 1.807) is 0 Å². The Balaban J connectivity index is 1.41. The van der Waals surface area contributed by atoms with Crippen molar-refractivity contribution in [2.45, 2.75) is 36.9 Å². The van der Waals surface area contributed by atoms with E-state index in [-0.39, 0.29) is 16.9 Å². The van der Waals surface area contributed by atoms with Crippen molar-refractivity contribution in [3.05, 3.63) is 64.4 Å². The van der Waals surface area contributed by atoms with Gasteiger partial charge >= 0.3 is 0 Å². The van der Waals surface area contributed by atoms with Crippen LogP contribution in [0.15, 0.2) is 42.7 Å². The van der Waals surface area contributed by atoms with Crippen LogP contribution >= 0.6 is 11.6 Å². The molecule has 0 bridgehead atoms. The topological polar surface area (TPSA) is 42.4 Å². The average molecular weight is 355 g/mol. The van der Waals surface area contributed by atoms with Crippen molar-refractivity contribution in [2.75, 3.05) is 13.1 Å². The number of amides is 1. The standard InChI is InChI=1S/C20H19ClN2O2/c21-16-3-1-15(2-4-16)19(6-7-19)18(24)23-10-8-20(13-23)17-5-9-22-11-14(17)12-25-20/h1-5,9,11H,6-8,10,12-13H2. The van der Waals surface area contributed by atoms with Crippen LogP contribution < -0.4 is 0 Å². The van der Waals surface area contributed by atoms with Crippen LogP contribution in [0.3, 0.4) is 0 Å². The van der Waals surface area contributed by atoms with Gasteiger partial charge in [-0.3, -0.25) is 9.78 Å². The molecular formula is C20H19ClN2O2. The van der Waals surface area contributed by atoms with Crippen LogP contribution in [0.1, 0.15) is 36.0 Å². The number of carbonyl (C=O) groups excluding carboxylic acids is 1. The Hall–Kier alpha value is -1.91. The zero-order valence-corrected chi connectivity index (χ0v) is 14.6. The van der Waals surface area contributed by atoms with Crippen LogP contribution in [0.2, 0.25) is 5.02 Å². The maximum absolute atomic E-state index is 13.3. The van der Waals surface area contributed by atoms with Gasteiger partial charge in [-0.2, -0.15) is 0 Å². The molecule has 4 nitrogen and oxygen atoms in total. The second-order valence-corrected chi connectivity index (χ2v) is 7.82. The summed E-state index contributed by atoms with van der Waals surface area (Å²) in [5.74, 6) is 0.234. The maximum atomic E-state index is 13.3. The highest BCUT2D eigenvalue weighted by Gasteiger charge is 2.56. The highest BCUT2D eigenvalue weighted by Crippen LogP contribution is 2.52. The van der Waals surface area contributed by atoms with Gasteiger partial charge in [-0.05, 0) is 48.6 Å². The lowest BCUT2D eigenvalue weighted by Gasteiger charge is -2.27. The Morgan fingerprint density at radius 1 is 1.16 bits per heavy atom. The minimum atomic E-state index is -0.351. The summed E-state index contributed by atoms with van der Waals surface area (Å²) in [7, 11) is 0. The summed E-state index contributed by atoms with van der Waals surface area (Å²) >= 11 is 6.00. The number of ether oxygens (including phenoxy) is 1. The van der Waals surface area contributed by atoms with E-state index in [1.165, 1.54) is 5.56 Å². The van der Waals surface area contributed by atoms with E-state index in [0.717, 1.165) is 36.9 Å². The Morgan fingerprint density at radius 2 is 1.96 bits per heavy atom. The normalized spacial score (nSPS) is 26.0. The molecule has 2 aliphatic heterocycles. The van der Waals surface area contributed by atoms with Gasteiger partial charge in [0.2, 0.25) is 5.91 Å². The molecule has 3 aliphatic rings. The Labute approximate surface area is 151 Å². The number of hydrogen-bond donors (Lipinski definition) is 0. The summed E-state index contributed by atoms with van der Waals surface area (Å²) in [4.78, 5) is 19.5. The van der Waals surface area contributed by atoms with E-state index in [9.17, 15) is 4.79 Å². The number of nitrogens with zero attached hydrogens (tertiary/aromatic N) is 2. The highest BCUT2D eigenvalue weighted by atomic mass is 35.5. The molecule has 1 atom stereocenters. The molecule has 2 fully saturated rings. The number of pyridine rings is 1. The van der Waals surface area contributed by atoms with E-state index in [4.69, 9.17) is 16.3 Å². The molecular weight excluding hydrogens is 336 g/mol. The molecule has 128 valence electrons. The lowest BCUT2D eigenvalue weighted by molar-refractivity contribution is -0.134. The third kappa shape index (κ3) is 2.24. The molecule has 2 aromatic rings. The molecule has 1 aromatic heterocycles. The van der Waals surface area contributed by atoms with Crippen molar-refractivity contribution < 1.29 is 9.53 Å². The summed E-state index contributed by atoms with van der Waals surface area (Å²) in [6.45, 7) is 1.97. The first-order valence-corrected chi connectivity index (χ1v) is 9.14. The van der Waals surface area contributed by atoms with E-state index < -0.39 is 0 Å². The van der Waals surface area contributed by atoms with Crippen molar-refractivity contribution in [3.8, 4) is 0 Å². The van der Waals surface area contributed by atoms with Gasteiger partial charge in [0.05, 0.1) is 18.6 Å². The molecule has 1 saturated heterocycles. The van der Waals surface area contributed by atoms with Crippen LogP contribution in [0.25, 0.3) is 0 Å². The monoisotopic (exact) mass is 354 g/mol. The van der Waals surface area contributed by atoms with E-state index in [1.807, 2.05) is 47.6 Å². The first-order chi connectivity index (χ1) is 12.1. The van der Waals surface area contributed by atoms with Crippen LogP contribution in [0.5, 0.6) is 0 Å². The zero-order chi connectivity index (χ0) is 17.1. The first kappa shape index (κ1) is 15.4. The van der Waals surface area contributed by atoms with Gasteiger partial charge in [0.1, 0.15) is 5.60 Å². The number of hydrogen-bond acceptors (Lipinski definition) is 3. The third-order valence-corrected chi connectivity index (χ3v) is 6.23. The molecule has 5 heteroatoms. The van der Waals surface area contributed by atoms with Gasteiger partial charge in [-0.25, -0.2) is 0 Å². The molecule has 0 N–H and O–H groups in total. The molecule has 1 spiro atoms. The second-order valence-electron chi connectivity index (χ2n) is 7.38. The number of fused-ring (bicyclic) bond motifs is 2. The van der Waals surface area contributed by atoms with E-state index >= 15 is 0 Å². The van der Waals surface area contributed by atoms with Crippen LogP contribution in [0.4, 0.5) is 0 Å². The third-order valence-electron chi connectivity index (χ3n) is 5.97. The van der Waals surface area contributed by atoms with E-state index in [2.05, 4.69) is 4.98 Å². The number of rotatable bonds is 2. The van der Waals surface area contributed by atoms with Gasteiger partial charge in [0.15, 0.2) is 0 Å². The summed E-state index contributed by atoms with van der Waals surface area (Å²) in [5.41, 5.74) is 2.74. The second kappa shape index (κ2) is 5.29. The fraction of sp³-hybridized carbons (Fsp3) is 0.400. The fourth-order valence-electron chi connectivity index (χ4n) is 4.40. The summed E-state index contributed by atoms with van der Waals surface area (Å²) in [5, 5.41) is 0.705. The van der Waals surface area contributed by atoms with Gasteiger partial charge in [0.25, 0.3) is 0 Å². The Kier molecular flexibility index (Phi) is 3.25. The Bertz CT molecular complexity index is 847. The Morgan fingerprint density at radius 3 is 2.72 bits per heavy atom. The fourth-order valence-corrected chi connectivity index (χ4v) is 4.52. The molecule has 1 aliphatic carbocycles. The molecule has 0 radical (unpaired) electrons. The number of benzene rings is 1. The van der Waals surface area contributed by atoms with Gasteiger partial charge in [-0.15, -0.1) is 0 Å². The van der Waals surface area contributed by atoms with Crippen molar-refractivity contribution in [1.29, 1.82) is 0 Å². The lowest BCUT2D eigenvalue weighted by atomic mass is 9.92. The summed E-state index contributed by atoms with van der Waals surface area (Å²) in [6.07, 6.45) is 6.38. The highest BCUT2D eigenvalue weighted by molar-refractivity contribution is 6.30. The van der Waals surface area contributed by atoms with Gasteiger partial charge < -0.3 is 9.64 Å². The largest absolute Gasteiger partial charge is 0.364 e. The zero-order valence-electron chi connectivity index (χ0n) is 13.9. The van der Waals surface area contributed by atoms with Gasteiger partial charge in [-0.1, -0.05) is 23.7 Å². The number of halogens is 1. The number of carbonyl (C=O) groups is 1. The van der Waals surface area contributed by atoms with Crippen molar-refractivity contribution >= 4 is 17.5 Å². The molecule has 1 amide bonds. The van der Waals surface area contributed by atoms with Crippen molar-refractivity contribution in [2.24, 2.45) is 0 Å². The average Bonchev–Trinajstić information content (AvgIpc) is 3.22. The molecule has 1 aromatic carbocycles. The molecule has 1 unspecified atom stereocenters. The molecule has 3 heterocycles. The summed E-state index contributed by atoms with van der Waals surface area (Å²) in [6, 6.07) is 9.78. The lowest BCUT2D eigenvalue weighted by Crippen LogP contribution is -2.40. The van der Waals surface area contributed by atoms with E-state index in [0.29, 0.717) is 18.2 Å². The molecule has 1 saturated carbocycles. The van der Waals surface area contributed by atoms with Crippen molar-refractivity contribution in [1.82, 2.24) is 9.88 Å². The predicted molar refractivity (Wildman–Crippen MR) is 94.3 cm³/mol. The molecule has 5 rings (SSSR count). The first-order valence-electron chi connectivity index (χ1n) is 8.76. The number of likely N-dealkylation sites (tertiary alicyclic amines) is 1. The summed E-state index contributed by atoms with van der Waals surface area (Å²) < 4.78 is 6.16. The van der Waals surface area contributed by atoms with Crippen LogP contribution in [0, 0.1) is 0 Å². The predicted octanol–water partition coefficient (Wildman–Crippen LogP) is 3.42. The van der Waals surface area contributed by atoms with Crippen LogP contribution in [-0.2, 0) is 27.2 Å². The molecule has 25 heavy (non-hydrogen) atoms. The SMILES string of the molecule is O=C(N1CCC2(C1)OCc1cnccc12)C1(c2ccc(Cl)cc2)CC1. The maximum Gasteiger partial charge on any atom is 0.233 e. The quantitative estimate of drug-likeness (QED) is 0.829. The smallest absolute Gasteiger partial charge is 0.233 e. The van der Waals surface area contributed by atoms with Crippen LogP contribution in [-0.4, -0.2) is 28.9 Å². The minimum absolute atomic E-state index is 0.234. The van der Waals surface area contributed by atoms with Crippen molar-refractivity contribution in [3.63, 3.8) is 0 Å². The minimum Gasteiger partial charge on any atom is -0.364 e. The number of aromatic nitrogens is 1.